The highest BCUT2D eigenvalue weighted by Crippen LogP contribution is 2.02. The molecule has 0 radical (unpaired) electrons. The number of nitrogens with zero attached hydrogens (tertiary/aromatic N) is 1. The van der Waals surface area contributed by atoms with Crippen LogP contribution >= 0.6 is 0 Å². The average Bonchev–Trinajstić information content (AvgIpc) is 1.92. The van der Waals surface area contributed by atoms with Crippen LogP contribution in [0.5, 0.6) is 0 Å². The van der Waals surface area contributed by atoms with Crippen LogP contribution in [0.1, 0.15) is 0 Å². The molecule has 1 fully saturated rings. The van der Waals surface area contributed by atoms with Crippen LogP contribution in [-0.2, 0) is 4.74 Å². The van der Waals surface area contributed by atoms with Crippen molar-refractivity contribution in [2.75, 3.05) is 33.4 Å². The molecule has 0 spiro atoms. The van der Waals surface area contributed by atoms with Crippen molar-refractivity contribution in [3.63, 3.8) is 0 Å². The Morgan fingerprint density at radius 3 is 1.90 bits per heavy atom. The summed E-state index contributed by atoms with van der Waals surface area (Å²) in [6.45, 7) is 2.47. The number of quaternary nitrogens is 1. The van der Waals surface area contributed by atoms with Crippen molar-refractivity contribution < 1.29 is 19.9 Å². The van der Waals surface area contributed by atoms with Crippen LogP contribution in [-0.4, -0.2) is 48.5 Å². The van der Waals surface area contributed by atoms with Gasteiger partial charge in [0.15, 0.2) is 0 Å². The summed E-state index contributed by atoms with van der Waals surface area (Å²) in [5, 5.41) is 23.0. The van der Waals surface area contributed by atoms with Gasteiger partial charge in [0.05, 0.1) is 20.3 Å². The number of rotatable bonds is 0. The lowest BCUT2D eigenvalue weighted by Crippen LogP contribution is -2.46. The van der Waals surface area contributed by atoms with E-state index in [1.807, 2.05) is 0 Å². The second-order valence-corrected chi connectivity index (χ2v) is 2.36. The van der Waals surface area contributed by atoms with Gasteiger partial charge in [0.1, 0.15) is 13.1 Å². The van der Waals surface area contributed by atoms with E-state index in [1.54, 1.807) is 7.05 Å². The van der Waals surface area contributed by atoms with Crippen molar-refractivity contribution in [3.8, 4) is 0 Å². The standard InChI is InChI=1S/C5H11NO2.H2O2/c1-6(7)2-4-8-5-3-6;1-2/h2-5H2,1H3;1-2H. The lowest BCUT2D eigenvalue weighted by atomic mass is 10.4. The van der Waals surface area contributed by atoms with Gasteiger partial charge in [-0.2, -0.15) is 0 Å². The molecule has 2 N–H and O–H groups in total. The molecule has 1 rings (SSSR count). The third kappa shape index (κ3) is 3.76. The van der Waals surface area contributed by atoms with Crippen molar-refractivity contribution in [2.24, 2.45) is 0 Å². The fourth-order valence-electron chi connectivity index (χ4n) is 0.729. The van der Waals surface area contributed by atoms with Crippen LogP contribution in [0.3, 0.4) is 0 Å². The summed E-state index contributed by atoms with van der Waals surface area (Å²) in [6.07, 6.45) is 0. The molecule has 0 aromatic rings. The van der Waals surface area contributed by atoms with Crippen LogP contribution in [0, 0.1) is 5.21 Å². The molecule has 10 heavy (non-hydrogen) atoms. The van der Waals surface area contributed by atoms with Crippen LogP contribution in [0.25, 0.3) is 0 Å². The van der Waals surface area contributed by atoms with E-state index in [-0.39, 0.29) is 4.65 Å². The molecule has 0 saturated carbocycles. The minimum Gasteiger partial charge on any atom is -0.633 e. The molecule has 1 heterocycles. The Hall–Kier alpha value is -0.200. The lowest BCUT2D eigenvalue weighted by Gasteiger charge is -2.41. The molecule has 0 aromatic carbocycles. The van der Waals surface area contributed by atoms with Gasteiger partial charge in [-0.1, -0.05) is 0 Å². The van der Waals surface area contributed by atoms with Crippen LogP contribution in [0.2, 0.25) is 0 Å². The van der Waals surface area contributed by atoms with Gasteiger partial charge in [-0.25, -0.2) is 0 Å². The molecule has 0 bridgehead atoms. The highest BCUT2D eigenvalue weighted by atomic mass is 17.0. The third-order valence-corrected chi connectivity index (χ3v) is 1.42. The van der Waals surface area contributed by atoms with Gasteiger partial charge >= 0.3 is 0 Å². The molecule has 5 heteroatoms. The zero-order valence-electron chi connectivity index (χ0n) is 5.99. The Labute approximate surface area is 59.5 Å². The fourth-order valence-corrected chi connectivity index (χ4v) is 0.729. The maximum absolute atomic E-state index is 11.0. The van der Waals surface area contributed by atoms with Crippen molar-refractivity contribution in [1.82, 2.24) is 0 Å². The molecule has 5 nitrogen and oxygen atoms in total. The van der Waals surface area contributed by atoms with Gasteiger partial charge < -0.3 is 14.6 Å². The van der Waals surface area contributed by atoms with Gasteiger partial charge in [-0.15, -0.1) is 0 Å². The number of hydroxylamine groups is 3. The Morgan fingerprint density at radius 1 is 1.30 bits per heavy atom. The van der Waals surface area contributed by atoms with Crippen molar-refractivity contribution in [3.05, 3.63) is 5.21 Å². The summed E-state index contributed by atoms with van der Waals surface area (Å²) in [7, 11) is 1.68. The molecule has 0 aliphatic carbocycles. The first-order valence-corrected chi connectivity index (χ1v) is 3.04. The molecule has 1 saturated heterocycles. The van der Waals surface area contributed by atoms with E-state index in [0.29, 0.717) is 26.3 Å². The summed E-state index contributed by atoms with van der Waals surface area (Å²) in [4.78, 5) is 0. The zero-order chi connectivity index (χ0) is 8.04. The number of morpholine rings is 1. The first-order valence-electron chi connectivity index (χ1n) is 3.04. The highest BCUT2D eigenvalue weighted by Gasteiger charge is 2.13. The quantitative estimate of drug-likeness (QED) is 0.221. The Kier molecular flexibility index (Phi) is 4.50. The van der Waals surface area contributed by atoms with E-state index in [2.05, 4.69) is 0 Å². The average molecular weight is 151 g/mol. The number of hydrogen-bond donors (Lipinski definition) is 2. The molecule has 0 unspecified atom stereocenters. The van der Waals surface area contributed by atoms with Gasteiger partial charge in [0, 0.05) is 0 Å². The third-order valence-electron chi connectivity index (χ3n) is 1.42. The minimum atomic E-state index is -0.125. The van der Waals surface area contributed by atoms with Crippen molar-refractivity contribution in [1.29, 1.82) is 0 Å². The van der Waals surface area contributed by atoms with E-state index in [9.17, 15) is 5.21 Å². The number of likely N-dealkylation sites (N-methyl/N-ethyl adjacent to an activating group) is 1. The monoisotopic (exact) mass is 151 g/mol. The summed E-state index contributed by atoms with van der Waals surface area (Å²) in [6, 6.07) is 0. The van der Waals surface area contributed by atoms with Gasteiger partial charge in [-0.3, -0.25) is 10.5 Å². The van der Waals surface area contributed by atoms with Gasteiger partial charge in [-0.05, 0) is 0 Å². The van der Waals surface area contributed by atoms with E-state index >= 15 is 0 Å². The van der Waals surface area contributed by atoms with Crippen molar-refractivity contribution in [2.45, 2.75) is 0 Å². The molecular formula is C5H13NO4. The first kappa shape index (κ1) is 9.80. The first-order chi connectivity index (χ1) is 4.71. The topological polar surface area (TPSA) is 72.8 Å². The smallest absolute Gasteiger partial charge is 0.102 e. The largest absolute Gasteiger partial charge is 0.633 e. The molecule has 0 aromatic heterocycles. The van der Waals surface area contributed by atoms with Crippen molar-refractivity contribution >= 4 is 0 Å². The minimum absolute atomic E-state index is 0.125. The fraction of sp³-hybridized carbons (Fsp3) is 1.00. The Bertz CT molecular complexity index is 77.7. The Morgan fingerprint density at radius 2 is 1.70 bits per heavy atom. The number of ether oxygens (including phenoxy) is 1. The van der Waals surface area contributed by atoms with Gasteiger partial charge in [0.25, 0.3) is 0 Å². The maximum atomic E-state index is 11.0. The predicted octanol–water partition coefficient (Wildman–Crippen LogP) is -0.0216. The lowest BCUT2D eigenvalue weighted by molar-refractivity contribution is -0.869. The molecule has 0 amide bonds. The van der Waals surface area contributed by atoms with Crippen LogP contribution in [0.15, 0.2) is 0 Å². The van der Waals surface area contributed by atoms with Gasteiger partial charge in [0.2, 0.25) is 0 Å². The SMILES string of the molecule is C[N+]1([O-])CCOCC1.OO. The van der Waals surface area contributed by atoms with E-state index in [0.717, 1.165) is 0 Å². The summed E-state index contributed by atoms with van der Waals surface area (Å²) >= 11 is 0. The molecule has 62 valence electrons. The van der Waals surface area contributed by atoms with E-state index in [4.69, 9.17) is 15.3 Å². The summed E-state index contributed by atoms with van der Waals surface area (Å²) in [5.74, 6) is 0. The summed E-state index contributed by atoms with van der Waals surface area (Å²) < 4.78 is 4.86. The zero-order valence-corrected chi connectivity index (χ0v) is 5.99. The normalized spacial score (nSPS) is 22.8. The second kappa shape index (κ2) is 4.59. The molecular weight excluding hydrogens is 138 g/mol. The van der Waals surface area contributed by atoms with Crippen LogP contribution in [0.4, 0.5) is 0 Å². The van der Waals surface area contributed by atoms with E-state index < -0.39 is 0 Å². The van der Waals surface area contributed by atoms with Crippen LogP contribution < -0.4 is 0 Å². The second-order valence-electron chi connectivity index (χ2n) is 2.36. The number of hydrogen-bond acceptors (Lipinski definition) is 4. The van der Waals surface area contributed by atoms with E-state index in [1.165, 1.54) is 0 Å². The molecule has 1 aliphatic rings. The highest BCUT2D eigenvalue weighted by molar-refractivity contribution is 4.44. The Balaban J connectivity index is 0.000000371. The summed E-state index contributed by atoms with van der Waals surface area (Å²) in [5.41, 5.74) is 0. The maximum Gasteiger partial charge on any atom is 0.102 e. The molecule has 0 atom stereocenters. The predicted molar refractivity (Wildman–Crippen MR) is 35.4 cm³/mol. The molecule has 1 aliphatic heterocycles.